The van der Waals surface area contributed by atoms with Crippen molar-refractivity contribution in [2.75, 3.05) is 13.1 Å². The molecular formula is C19H24N4O4S. The van der Waals surface area contributed by atoms with Crippen molar-refractivity contribution in [3.63, 3.8) is 0 Å². The van der Waals surface area contributed by atoms with E-state index in [9.17, 15) is 8.42 Å². The van der Waals surface area contributed by atoms with E-state index in [0.717, 1.165) is 5.56 Å². The Morgan fingerprint density at radius 2 is 1.82 bits per heavy atom. The van der Waals surface area contributed by atoms with Gasteiger partial charge in [-0.2, -0.15) is 4.31 Å². The van der Waals surface area contributed by atoms with E-state index in [1.807, 2.05) is 32.9 Å². The molecule has 1 atom stereocenters. The molecule has 0 spiro atoms. The SMILES string of the molecule is CCN(CC)S(=O)(=O)c1ccc([C@@H](C)NCc2nnc(-c3ccco3)o2)cc1. The van der Waals surface area contributed by atoms with Gasteiger partial charge in [0.25, 0.3) is 5.89 Å². The molecule has 0 unspecified atom stereocenters. The van der Waals surface area contributed by atoms with Crippen LogP contribution in [0.3, 0.4) is 0 Å². The fourth-order valence-electron chi connectivity index (χ4n) is 2.82. The van der Waals surface area contributed by atoms with Crippen LogP contribution in [0.15, 0.2) is 56.4 Å². The number of nitrogens with one attached hydrogen (secondary N) is 1. The molecule has 0 aliphatic heterocycles. The Morgan fingerprint density at radius 3 is 2.43 bits per heavy atom. The molecule has 150 valence electrons. The highest BCUT2D eigenvalue weighted by Gasteiger charge is 2.21. The number of rotatable bonds is 9. The summed E-state index contributed by atoms with van der Waals surface area (Å²) in [5.74, 6) is 1.30. The van der Waals surface area contributed by atoms with E-state index in [1.165, 1.54) is 4.31 Å². The minimum absolute atomic E-state index is 0.0239. The van der Waals surface area contributed by atoms with Gasteiger partial charge in [-0.3, -0.25) is 0 Å². The van der Waals surface area contributed by atoms with Crippen molar-refractivity contribution < 1.29 is 17.3 Å². The maximum absolute atomic E-state index is 12.6. The maximum atomic E-state index is 12.6. The molecule has 2 aromatic heterocycles. The van der Waals surface area contributed by atoms with E-state index in [2.05, 4.69) is 15.5 Å². The van der Waals surface area contributed by atoms with E-state index in [0.29, 0.717) is 42.1 Å². The van der Waals surface area contributed by atoms with Crippen LogP contribution in [0.2, 0.25) is 0 Å². The third-order valence-corrected chi connectivity index (χ3v) is 6.55. The Balaban J connectivity index is 1.63. The molecule has 2 heterocycles. The normalized spacial score (nSPS) is 13.1. The van der Waals surface area contributed by atoms with Crippen LogP contribution in [-0.2, 0) is 16.6 Å². The second-order valence-corrected chi connectivity index (χ2v) is 8.18. The van der Waals surface area contributed by atoms with Gasteiger partial charge < -0.3 is 14.2 Å². The van der Waals surface area contributed by atoms with Crippen LogP contribution in [0.1, 0.15) is 38.3 Å². The summed E-state index contributed by atoms with van der Waals surface area (Å²) in [7, 11) is -3.45. The summed E-state index contributed by atoms with van der Waals surface area (Å²) in [6.07, 6.45) is 1.55. The fourth-order valence-corrected chi connectivity index (χ4v) is 4.28. The number of benzene rings is 1. The smallest absolute Gasteiger partial charge is 0.283 e. The van der Waals surface area contributed by atoms with Crippen molar-refractivity contribution in [2.45, 2.75) is 38.3 Å². The Hall–Kier alpha value is -2.49. The Bertz CT molecular complexity index is 977. The molecule has 0 fully saturated rings. The highest BCUT2D eigenvalue weighted by molar-refractivity contribution is 7.89. The number of hydrogen-bond donors (Lipinski definition) is 1. The number of sulfonamides is 1. The number of furan rings is 1. The van der Waals surface area contributed by atoms with E-state index >= 15 is 0 Å². The van der Waals surface area contributed by atoms with Gasteiger partial charge in [-0.1, -0.05) is 26.0 Å². The van der Waals surface area contributed by atoms with Crippen molar-refractivity contribution in [1.29, 1.82) is 0 Å². The first-order chi connectivity index (χ1) is 13.5. The van der Waals surface area contributed by atoms with E-state index < -0.39 is 10.0 Å². The second kappa shape index (κ2) is 8.68. The molecule has 0 amide bonds. The van der Waals surface area contributed by atoms with Crippen LogP contribution in [-0.4, -0.2) is 36.0 Å². The van der Waals surface area contributed by atoms with E-state index in [1.54, 1.807) is 30.5 Å². The zero-order valence-corrected chi connectivity index (χ0v) is 16.9. The van der Waals surface area contributed by atoms with Crippen molar-refractivity contribution in [1.82, 2.24) is 19.8 Å². The van der Waals surface area contributed by atoms with Crippen LogP contribution in [0.4, 0.5) is 0 Å². The van der Waals surface area contributed by atoms with Crippen molar-refractivity contribution in [3.8, 4) is 11.7 Å². The Labute approximate surface area is 164 Å². The minimum atomic E-state index is -3.45. The molecule has 9 heteroatoms. The summed E-state index contributed by atoms with van der Waals surface area (Å²) < 4.78 is 37.4. The molecule has 1 N–H and O–H groups in total. The standard InChI is InChI=1S/C19H24N4O4S/c1-4-23(5-2)28(24,25)16-10-8-15(9-11-16)14(3)20-13-18-21-22-19(27-18)17-7-6-12-26-17/h6-12,14,20H,4-5,13H2,1-3H3/t14-/m1/s1. The topological polar surface area (TPSA) is 101 Å². The predicted octanol–water partition coefficient (Wildman–Crippen LogP) is 3.21. The summed E-state index contributed by atoms with van der Waals surface area (Å²) in [4.78, 5) is 0.298. The lowest BCUT2D eigenvalue weighted by Gasteiger charge is -2.19. The lowest BCUT2D eigenvalue weighted by Crippen LogP contribution is -2.30. The first kappa shape index (κ1) is 20.2. The van der Waals surface area contributed by atoms with Crippen LogP contribution in [0.5, 0.6) is 0 Å². The maximum Gasteiger partial charge on any atom is 0.283 e. The number of nitrogens with zero attached hydrogens (tertiary/aromatic N) is 3. The van der Waals surface area contributed by atoms with Crippen LogP contribution in [0.25, 0.3) is 11.7 Å². The summed E-state index contributed by atoms with van der Waals surface area (Å²) in [6.45, 7) is 6.92. The van der Waals surface area contributed by atoms with Gasteiger partial charge in [-0.15, -0.1) is 10.2 Å². The van der Waals surface area contributed by atoms with Crippen molar-refractivity contribution in [2.24, 2.45) is 0 Å². The molecular weight excluding hydrogens is 380 g/mol. The van der Waals surface area contributed by atoms with Gasteiger partial charge >= 0.3 is 0 Å². The van der Waals surface area contributed by atoms with Crippen molar-refractivity contribution in [3.05, 3.63) is 54.1 Å². The monoisotopic (exact) mass is 404 g/mol. The highest BCUT2D eigenvalue weighted by atomic mass is 32.2. The first-order valence-corrected chi connectivity index (χ1v) is 10.6. The molecule has 0 saturated heterocycles. The highest BCUT2D eigenvalue weighted by Crippen LogP contribution is 2.21. The zero-order valence-electron chi connectivity index (χ0n) is 16.1. The molecule has 8 nitrogen and oxygen atoms in total. The van der Waals surface area contributed by atoms with E-state index in [4.69, 9.17) is 8.83 Å². The Morgan fingerprint density at radius 1 is 1.11 bits per heavy atom. The molecule has 0 aliphatic carbocycles. The van der Waals surface area contributed by atoms with Gasteiger partial charge in [0.1, 0.15) is 0 Å². The van der Waals surface area contributed by atoms with Gasteiger partial charge in [-0.05, 0) is 36.8 Å². The molecule has 28 heavy (non-hydrogen) atoms. The first-order valence-electron chi connectivity index (χ1n) is 9.15. The fraction of sp³-hybridized carbons (Fsp3) is 0.368. The zero-order chi connectivity index (χ0) is 20.1. The third kappa shape index (κ3) is 4.32. The predicted molar refractivity (Wildman–Crippen MR) is 104 cm³/mol. The quantitative estimate of drug-likeness (QED) is 0.584. The molecule has 3 rings (SSSR count). The lowest BCUT2D eigenvalue weighted by atomic mass is 10.1. The van der Waals surface area contributed by atoms with Crippen LogP contribution < -0.4 is 5.32 Å². The molecule has 1 aromatic carbocycles. The molecule has 0 radical (unpaired) electrons. The molecule has 0 bridgehead atoms. The minimum Gasteiger partial charge on any atom is -0.459 e. The summed E-state index contributed by atoms with van der Waals surface area (Å²) >= 11 is 0. The van der Waals surface area contributed by atoms with E-state index in [-0.39, 0.29) is 6.04 Å². The molecule has 3 aromatic rings. The van der Waals surface area contributed by atoms with Crippen molar-refractivity contribution >= 4 is 10.0 Å². The van der Waals surface area contributed by atoms with Crippen LogP contribution in [0, 0.1) is 0 Å². The summed E-state index contributed by atoms with van der Waals surface area (Å²) in [6, 6.07) is 10.4. The second-order valence-electron chi connectivity index (χ2n) is 6.24. The van der Waals surface area contributed by atoms with Gasteiger partial charge in [0.05, 0.1) is 17.7 Å². The number of hydrogen-bond acceptors (Lipinski definition) is 7. The molecule has 0 aliphatic rings. The van der Waals surface area contributed by atoms with Gasteiger partial charge in [0.2, 0.25) is 15.9 Å². The summed E-state index contributed by atoms with van der Waals surface area (Å²) in [5, 5.41) is 11.2. The lowest BCUT2D eigenvalue weighted by molar-refractivity contribution is 0.442. The molecule has 0 saturated carbocycles. The Kier molecular flexibility index (Phi) is 6.28. The van der Waals surface area contributed by atoms with Gasteiger partial charge in [0.15, 0.2) is 5.76 Å². The van der Waals surface area contributed by atoms with Crippen LogP contribution >= 0.6 is 0 Å². The largest absolute Gasteiger partial charge is 0.459 e. The average molecular weight is 404 g/mol. The summed E-state index contributed by atoms with van der Waals surface area (Å²) in [5.41, 5.74) is 0.962. The van der Waals surface area contributed by atoms with Gasteiger partial charge in [0, 0.05) is 19.1 Å². The third-order valence-electron chi connectivity index (χ3n) is 4.48. The van der Waals surface area contributed by atoms with Gasteiger partial charge in [-0.25, -0.2) is 8.42 Å². The average Bonchev–Trinajstić information content (AvgIpc) is 3.38. The number of aromatic nitrogens is 2.